The first-order chi connectivity index (χ1) is 19.5. The molecular formula is C35H47N3O2. The summed E-state index contributed by atoms with van der Waals surface area (Å²) in [4.78, 5) is 31.4. The van der Waals surface area contributed by atoms with Gasteiger partial charge in [-0.1, -0.05) is 81.5 Å². The lowest BCUT2D eigenvalue weighted by atomic mass is 9.94. The van der Waals surface area contributed by atoms with Crippen molar-refractivity contribution in [3.05, 3.63) is 95.3 Å². The quantitative estimate of drug-likeness (QED) is 0.211. The zero-order chi connectivity index (χ0) is 28.3. The molecule has 1 aliphatic rings. The maximum absolute atomic E-state index is 14.0. The van der Waals surface area contributed by atoms with E-state index in [0.717, 1.165) is 44.3 Å². The van der Waals surface area contributed by atoms with Gasteiger partial charge in [-0.25, -0.2) is 0 Å². The number of benzene rings is 2. The molecule has 214 valence electrons. The molecule has 0 spiro atoms. The molecule has 0 bridgehead atoms. The Morgan fingerprint density at radius 1 is 0.875 bits per heavy atom. The number of aromatic nitrogens is 1. The molecular weight excluding hydrogens is 494 g/mol. The monoisotopic (exact) mass is 541 g/mol. The van der Waals surface area contributed by atoms with Gasteiger partial charge < -0.3 is 14.4 Å². The number of carbonyl (C=O) groups excluding carboxylic acids is 2. The smallest absolute Gasteiger partial charge is 0.254 e. The number of hydrogen-bond acceptors (Lipinski definition) is 2. The zero-order valence-corrected chi connectivity index (χ0v) is 24.7. The van der Waals surface area contributed by atoms with Crippen LogP contribution in [0.4, 0.5) is 0 Å². The number of carbonyl (C=O) groups is 2. The maximum Gasteiger partial charge on any atom is 0.254 e. The summed E-state index contributed by atoms with van der Waals surface area (Å²) in [6.45, 7) is 7.66. The molecule has 3 aromatic rings. The van der Waals surface area contributed by atoms with E-state index in [1.54, 1.807) is 4.90 Å². The SMILES string of the molecule is CCCCCc1ccc(C(=O)N(CC(=O)N(Cc2cccn2Cc2ccccc2)C2CCCCC2)C(C)C)cc1. The summed E-state index contributed by atoms with van der Waals surface area (Å²) in [7, 11) is 0. The standard InChI is InChI=1S/C35H47N3O2/c1-4-5-8-14-29-20-22-31(23-21-29)35(40)37(28(2)3)27-34(39)38(32-17-11-7-12-18-32)26-33-19-13-24-36(33)25-30-15-9-6-10-16-30/h6,9-10,13,15-16,19-24,28,32H,4-5,7-8,11-12,14,17-18,25-27H2,1-3H3. The Morgan fingerprint density at radius 2 is 1.60 bits per heavy atom. The third kappa shape index (κ3) is 8.09. The van der Waals surface area contributed by atoms with Crippen molar-refractivity contribution in [3.63, 3.8) is 0 Å². The Balaban J connectivity index is 1.49. The minimum Gasteiger partial charge on any atom is -0.345 e. The Bertz CT molecular complexity index is 1190. The molecule has 40 heavy (non-hydrogen) atoms. The molecule has 2 amide bonds. The Labute approximate surface area is 241 Å². The van der Waals surface area contributed by atoms with E-state index in [9.17, 15) is 9.59 Å². The second kappa shape index (κ2) is 14.9. The lowest BCUT2D eigenvalue weighted by molar-refractivity contribution is -0.136. The molecule has 5 nitrogen and oxygen atoms in total. The van der Waals surface area contributed by atoms with Gasteiger partial charge in [-0.05, 0) is 74.9 Å². The Morgan fingerprint density at radius 3 is 2.27 bits per heavy atom. The summed E-state index contributed by atoms with van der Waals surface area (Å²) in [5.74, 6) is -0.0305. The van der Waals surface area contributed by atoms with E-state index >= 15 is 0 Å². The highest BCUT2D eigenvalue weighted by atomic mass is 16.2. The van der Waals surface area contributed by atoms with Crippen molar-refractivity contribution in [2.24, 2.45) is 0 Å². The average molecular weight is 542 g/mol. The van der Waals surface area contributed by atoms with Crippen molar-refractivity contribution >= 4 is 11.8 Å². The van der Waals surface area contributed by atoms with Crippen LogP contribution >= 0.6 is 0 Å². The molecule has 4 rings (SSSR count). The molecule has 1 fully saturated rings. The lowest BCUT2D eigenvalue weighted by Gasteiger charge is -2.37. The van der Waals surface area contributed by atoms with Crippen LogP contribution in [0.25, 0.3) is 0 Å². The first kappa shape index (κ1) is 29.6. The van der Waals surface area contributed by atoms with Crippen molar-refractivity contribution in [2.45, 2.75) is 104 Å². The fourth-order valence-electron chi connectivity index (χ4n) is 5.80. The topological polar surface area (TPSA) is 45.6 Å². The maximum atomic E-state index is 14.0. The zero-order valence-electron chi connectivity index (χ0n) is 24.7. The van der Waals surface area contributed by atoms with Crippen LogP contribution in [0.3, 0.4) is 0 Å². The minimum atomic E-state index is -0.0733. The van der Waals surface area contributed by atoms with E-state index in [1.807, 2.05) is 32.0 Å². The van der Waals surface area contributed by atoms with E-state index in [1.165, 1.54) is 36.8 Å². The van der Waals surface area contributed by atoms with E-state index in [-0.39, 0.29) is 30.4 Å². The van der Waals surface area contributed by atoms with Crippen LogP contribution in [0.5, 0.6) is 0 Å². The fraction of sp³-hybridized carbons (Fsp3) is 0.486. The first-order valence-corrected chi connectivity index (χ1v) is 15.3. The summed E-state index contributed by atoms with van der Waals surface area (Å²) >= 11 is 0. The third-order valence-electron chi connectivity index (χ3n) is 8.25. The van der Waals surface area contributed by atoms with Gasteiger partial charge in [0.2, 0.25) is 5.91 Å². The normalized spacial score (nSPS) is 13.9. The van der Waals surface area contributed by atoms with E-state index < -0.39 is 0 Å². The second-order valence-electron chi connectivity index (χ2n) is 11.6. The number of amides is 2. The van der Waals surface area contributed by atoms with Crippen LogP contribution < -0.4 is 0 Å². The van der Waals surface area contributed by atoms with Crippen LogP contribution in [0.1, 0.15) is 99.3 Å². The lowest BCUT2D eigenvalue weighted by Crippen LogP contribution is -2.49. The number of aryl methyl sites for hydroxylation is 1. The molecule has 0 saturated heterocycles. The summed E-state index contributed by atoms with van der Waals surface area (Å²) in [6, 6.07) is 22.8. The van der Waals surface area contributed by atoms with Crippen molar-refractivity contribution < 1.29 is 9.59 Å². The van der Waals surface area contributed by atoms with Crippen LogP contribution in [-0.2, 0) is 24.3 Å². The van der Waals surface area contributed by atoms with Gasteiger partial charge in [0.05, 0.1) is 6.54 Å². The molecule has 1 aliphatic carbocycles. The molecule has 5 heteroatoms. The molecule has 0 atom stereocenters. The average Bonchev–Trinajstić information content (AvgIpc) is 3.41. The van der Waals surface area contributed by atoms with Gasteiger partial charge >= 0.3 is 0 Å². The largest absolute Gasteiger partial charge is 0.345 e. The summed E-state index contributed by atoms with van der Waals surface area (Å²) in [6.07, 6.45) is 12.3. The number of hydrogen-bond donors (Lipinski definition) is 0. The Kier molecular flexibility index (Phi) is 11.0. The van der Waals surface area contributed by atoms with Gasteiger partial charge in [0.1, 0.15) is 6.54 Å². The molecule has 1 heterocycles. The van der Waals surface area contributed by atoms with Crippen LogP contribution in [-0.4, -0.2) is 44.8 Å². The predicted molar refractivity (Wildman–Crippen MR) is 163 cm³/mol. The molecule has 0 unspecified atom stereocenters. The Hall–Kier alpha value is -3.34. The van der Waals surface area contributed by atoms with Gasteiger partial charge in [0.25, 0.3) is 5.91 Å². The van der Waals surface area contributed by atoms with Crippen LogP contribution in [0.15, 0.2) is 72.9 Å². The third-order valence-corrected chi connectivity index (χ3v) is 8.25. The second-order valence-corrected chi connectivity index (χ2v) is 11.6. The summed E-state index contributed by atoms with van der Waals surface area (Å²) in [5, 5.41) is 0. The fourth-order valence-corrected chi connectivity index (χ4v) is 5.80. The van der Waals surface area contributed by atoms with Gasteiger partial charge in [-0.3, -0.25) is 9.59 Å². The van der Waals surface area contributed by atoms with Crippen LogP contribution in [0, 0.1) is 0 Å². The van der Waals surface area contributed by atoms with Crippen LogP contribution in [0.2, 0.25) is 0 Å². The molecule has 0 N–H and O–H groups in total. The molecule has 1 saturated carbocycles. The van der Waals surface area contributed by atoms with Gasteiger partial charge in [0, 0.05) is 36.1 Å². The van der Waals surface area contributed by atoms with Gasteiger partial charge in [0.15, 0.2) is 0 Å². The van der Waals surface area contributed by atoms with Crippen molar-refractivity contribution in [3.8, 4) is 0 Å². The van der Waals surface area contributed by atoms with Crippen molar-refractivity contribution in [1.82, 2.24) is 14.4 Å². The van der Waals surface area contributed by atoms with E-state index in [2.05, 4.69) is 71.1 Å². The highest BCUT2D eigenvalue weighted by Gasteiger charge is 2.30. The van der Waals surface area contributed by atoms with Crippen molar-refractivity contribution in [1.29, 1.82) is 0 Å². The highest BCUT2D eigenvalue weighted by molar-refractivity contribution is 5.96. The predicted octanol–water partition coefficient (Wildman–Crippen LogP) is 7.48. The molecule has 0 aliphatic heterocycles. The molecule has 0 radical (unpaired) electrons. The number of rotatable bonds is 13. The number of unbranched alkanes of at least 4 members (excludes halogenated alkanes) is 2. The van der Waals surface area contributed by atoms with E-state index in [4.69, 9.17) is 0 Å². The molecule has 1 aromatic heterocycles. The van der Waals surface area contributed by atoms with E-state index in [0.29, 0.717) is 12.1 Å². The number of nitrogens with zero attached hydrogens (tertiary/aromatic N) is 3. The minimum absolute atomic E-state index is 0.0394. The molecule has 2 aromatic carbocycles. The van der Waals surface area contributed by atoms with Gasteiger partial charge in [-0.15, -0.1) is 0 Å². The highest BCUT2D eigenvalue weighted by Crippen LogP contribution is 2.25. The summed E-state index contributed by atoms with van der Waals surface area (Å²) in [5.41, 5.74) is 4.29. The van der Waals surface area contributed by atoms with Crippen molar-refractivity contribution in [2.75, 3.05) is 6.54 Å². The summed E-state index contributed by atoms with van der Waals surface area (Å²) < 4.78 is 2.24. The first-order valence-electron chi connectivity index (χ1n) is 15.3. The van der Waals surface area contributed by atoms with Gasteiger partial charge in [-0.2, -0.15) is 0 Å².